The molecule has 0 saturated carbocycles. The number of carbonyl (C=O) groups excluding carboxylic acids is 3. The number of anilines is 3. The van der Waals surface area contributed by atoms with E-state index in [1.54, 1.807) is 34.1 Å². The summed E-state index contributed by atoms with van der Waals surface area (Å²) in [5, 5.41) is 5.99. The van der Waals surface area contributed by atoms with Crippen molar-refractivity contribution in [2.24, 2.45) is 0 Å². The van der Waals surface area contributed by atoms with Gasteiger partial charge in [-0.25, -0.2) is 19.0 Å². The van der Waals surface area contributed by atoms with Gasteiger partial charge in [-0.1, -0.05) is 11.6 Å². The van der Waals surface area contributed by atoms with E-state index in [1.165, 1.54) is 24.1 Å². The monoisotopic (exact) mass is 490 g/mol. The number of benzene rings is 1. The lowest BCUT2D eigenvalue weighted by molar-refractivity contribution is -0.119. The van der Waals surface area contributed by atoms with Gasteiger partial charge in [-0.3, -0.25) is 9.69 Å². The Labute approximate surface area is 200 Å². The number of amides is 4. The van der Waals surface area contributed by atoms with E-state index in [1.807, 2.05) is 0 Å². The van der Waals surface area contributed by atoms with E-state index in [4.69, 9.17) is 16.3 Å². The molecule has 0 bridgehead atoms. The molecule has 180 valence electrons. The minimum absolute atomic E-state index is 0.156. The number of nitrogens with one attached hydrogen (secondary N) is 2. The van der Waals surface area contributed by atoms with Gasteiger partial charge in [-0.05, 0) is 24.3 Å². The summed E-state index contributed by atoms with van der Waals surface area (Å²) in [5.41, 5.74) is 0.914. The highest BCUT2D eigenvalue weighted by molar-refractivity contribution is 6.30. The quantitative estimate of drug-likeness (QED) is 0.667. The van der Waals surface area contributed by atoms with E-state index in [0.717, 1.165) is 0 Å². The lowest BCUT2D eigenvalue weighted by Crippen LogP contribution is -2.50. The molecule has 1 aromatic heterocycles. The highest BCUT2D eigenvalue weighted by Crippen LogP contribution is 2.26. The van der Waals surface area contributed by atoms with Gasteiger partial charge in [0.1, 0.15) is 6.10 Å². The molecule has 0 aliphatic carbocycles. The first kappa shape index (κ1) is 23.6. The number of ether oxygens (including phenoxy) is 1. The zero-order valence-corrected chi connectivity index (χ0v) is 19.2. The maximum atomic E-state index is 14.9. The van der Waals surface area contributed by atoms with Crippen molar-refractivity contribution >= 4 is 46.8 Å². The number of piperazine rings is 1. The van der Waals surface area contributed by atoms with Gasteiger partial charge in [-0.2, -0.15) is 0 Å². The first-order valence-electron chi connectivity index (χ1n) is 10.7. The predicted octanol–water partition coefficient (Wildman–Crippen LogP) is 2.69. The van der Waals surface area contributed by atoms with Crippen LogP contribution >= 0.6 is 11.6 Å². The van der Waals surface area contributed by atoms with Crippen LogP contribution in [0.1, 0.15) is 6.92 Å². The number of cyclic esters (lactones) is 1. The van der Waals surface area contributed by atoms with Crippen molar-refractivity contribution < 1.29 is 23.5 Å². The van der Waals surface area contributed by atoms with Gasteiger partial charge in [-0.15, -0.1) is 0 Å². The van der Waals surface area contributed by atoms with Crippen molar-refractivity contribution in [1.82, 2.24) is 15.2 Å². The van der Waals surface area contributed by atoms with Gasteiger partial charge in [0, 0.05) is 49.9 Å². The molecule has 4 rings (SSSR count). The van der Waals surface area contributed by atoms with Crippen molar-refractivity contribution in [3.8, 4) is 0 Å². The molecule has 2 fully saturated rings. The van der Waals surface area contributed by atoms with Crippen LogP contribution in [0.3, 0.4) is 0 Å². The van der Waals surface area contributed by atoms with Gasteiger partial charge < -0.3 is 25.2 Å². The molecule has 10 nitrogen and oxygen atoms in total. The number of rotatable bonds is 5. The molecular weight excluding hydrogens is 467 g/mol. The Bertz CT molecular complexity index is 1080. The van der Waals surface area contributed by atoms with E-state index in [9.17, 15) is 18.8 Å². The zero-order chi connectivity index (χ0) is 24.2. The van der Waals surface area contributed by atoms with E-state index >= 15 is 0 Å². The molecule has 4 amide bonds. The van der Waals surface area contributed by atoms with Crippen LogP contribution in [0.4, 0.5) is 31.2 Å². The highest BCUT2D eigenvalue weighted by atomic mass is 35.5. The van der Waals surface area contributed by atoms with Crippen molar-refractivity contribution in [2.45, 2.75) is 13.0 Å². The number of urea groups is 1. The molecule has 1 atom stereocenters. The third-order valence-electron chi connectivity index (χ3n) is 5.53. The maximum Gasteiger partial charge on any atom is 0.414 e. The van der Waals surface area contributed by atoms with E-state index in [2.05, 4.69) is 15.6 Å². The Hall–Kier alpha value is -3.60. The molecule has 2 aliphatic rings. The van der Waals surface area contributed by atoms with Crippen LogP contribution in [0.25, 0.3) is 0 Å². The molecule has 12 heteroatoms. The number of halogens is 2. The van der Waals surface area contributed by atoms with Crippen LogP contribution in [0.15, 0.2) is 36.5 Å². The average Bonchev–Trinajstić information content (AvgIpc) is 3.20. The van der Waals surface area contributed by atoms with Crippen molar-refractivity contribution in [2.75, 3.05) is 54.4 Å². The van der Waals surface area contributed by atoms with Gasteiger partial charge in [0.25, 0.3) is 0 Å². The minimum atomic E-state index is -0.621. The Balaban J connectivity index is 1.33. The summed E-state index contributed by atoms with van der Waals surface area (Å²) in [4.78, 5) is 44.6. The molecule has 3 heterocycles. The fraction of sp³-hybridized carbons (Fsp3) is 0.364. The average molecular weight is 491 g/mol. The van der Waals surface area contributed by atoms with Crippen LogP contribution in [0, 0.1) is 5.82 Å². The number of nitrogens with zero attached hydrogens (tertiary/aromatic N) is 4. The molecule has 2 aliphatic heterocycles. The molecule has 2 aromatic rings. The summed E-state index contributed by atoms with van der Waals surface area (Å²) >= 11 is 5.86. The summed E-state index contributed by atoms with van der Waals surface area (Å²) in [6.45, 7) is 3.34. The second-order valence-corrected chi connectivity index (χ2v) is 8.40. The maximum absolute atomic E-state index is 14.9. The number of hydrogen-bond acceptors (Lipinski definition) is 6. The molecule has 2 saturated heterocycles. The normalized spacial score (nSPS) is 18.0. The fourth-order valence-corrected chi connectivity index (χ4v) is 3.88. The molecular formula is C22H24ClFN6O4. The Kier molecular flexibility index (Phi) is 7.01. The third kappa shape index (κ3) is 5.48. The summed E-state index contributed by atoms with van der Waals surface area (Å²) < 4.78 is 20.1. The Morgan fingerprint density at radius 2 is 1.91 bits per heavy atom. The zero-order valence-electron chi connectivity index (χ0n) is 18.5. The largest absolute Gasteiger partial charge is 0.442 e. The summed E-state index contributed by atoms with van der Waals surface area (Å²) in [5.74, 6) is -0.646. The fourth-order valence-electron chi connectivity index (χ4n) is 3.75. The first-order valence-corrected chi connectivity index (χ1v) is 11.1. The molecule has 0 spiro atoms. The lowest BCUT2D eigenvalue weighted by atomic mass is 10.2. The van der Waals surface area contributed by atoms with E-state index in [-0.39, 0.29) is 36.5 Å². The van der Waals surface area contributed by atoms with Crippen LogP contribution < -0.4 is 20.4 Å². The van der Waals surface area contributed by atoms with Crippen molar-refractivity contribution in [3.63, 3.8) is 0 Å². The van der Waals surface area contributed by atoms with Crippen molar-refractivity contribution in [3.05, 3.63) is 47.4 Å². The standard InChI is InChI=1S/C22H24ClFN6O4/c1-14(31)25-12-18-13-30(22(33)34-18)17-10-19(24)20(26-11-17)28-6-8-29(9-7-28)21(32)27-16-4-2-15(23)3-5-16/h2-5,10-11,18H,6-9,12-13H2,1H3,(H,25,31)(H,27,32)/t18-/m0/s1. The van der Waals surface area contributed by atoms with Crippen LogP contribution in [0.2, 0.25) is 5.02 Å². The van der Waals surface area contributed by atoms with Gasteiger partial charge in [0.05, 0.1) is 25.0 Å². The van der Waals surface area contributed by atoms with Crippen LogP contribution in [-0.4, -0.2) is 73.3 Å². The summed E-state index contributed by atoms with van der Waals surface area (Å²) in [6.07, 6.45) is 0.274. The molecule has 34 heavy (non-hydrogen) atoms. The number of carbonyl (C=O) groups is 3. The number of hydrogen-bond donors (Lipinski definition) is 2. The van der Waals surface area contributed by atoms with Gasteiger partial charge in [0.15, 0.2) is 11.6 Å². The Morgan fingerprint density at radius 3 is 2.56 bits per heavy atom. The predicted molar refractivity (Wildman–Crippen MR) is 125 cm³/mol. The SMILES string of the molecule is CC(=O)NC[C@H]1CN(c2cnc(N3CCN(C(=O)Nc4ccc(Cl)cc4)CC3)c(F)c2)C(=O)O1. The van der Waals surface area contributed by atoms with Crippen LogP contribution in [-0.2, 0) is 9.53 Å². The van der Waals surface area contributed by atoms with Gasteiger partial charge in [0.2, 0.25) is 5.91 Å². The van der Waals surface area contributed by atoms with Crippen LogP contribution in [0.5, 0.6) is 0 Å². The summed E-state index contributed by atoms with van der Waals surface area (Å²) in [6, 6.07) is 7.82. The number of aromatic nitrogens is 1. The van der Waals surface area contributed by atoms with Crippen molar-refractivity contribution in [1.29, 1.82) is 0 Å². The van der Waals surface area contributed by atoms with E-state index < -0.39 is 18.0 Å². The Morgan fingerprint density at radius 1 is 1.21 bits per heavy atom. The summed E-state index contributed by atoms with van der Waals surface area (Å²) in [7, 11) is 0. The lowest BCUT2D eigenvalue weighted by Gasteiger charge is -2.35. The minimum Gasteiger partial charge on any atom is -0.442 e. The topological polar surface area (TPSA) is 107 Å². The smallest absolute Gasteiger partial charge is 0.414 e. The molecule has 1 aromatic carbocycles. The highest BCUT2D eigenvalue weighted by Gasteiger charge is 2.33. The molecule has 2 N–H and O–H groups in total. The van der Waals surface area contributed by atoms with Gasteiger partial charge >= 0.3 is 12.1 Å². The first-order chi connectivity index (χ1) is 16.3. The second kappa shape index (κ2) is 10.1. The van der Waals surface area contributed by atoms with E-state index in [0.29, 0.717) is 36.9 Å². The number of pyridine rings is 1. The molecule has 0 unspecified atom stereocenters. The molecule has 0 radical (unpaired) electrons. The second-order valence-electron chi connectivity index (χ2n) is 7.96. The third-order valence-corrected chi connectivity index (χ3v) is 5.79.